The lowest BCUT2D eigenvalue weighted by atomic mass is 10.0. The Balaban J connectivity index is 2.58. The molecule has 0 aliphatic rings. The van der Waals surface area contributed by atoms with Crippen molar-refractivity contribution in [2.24, 2.45) is 0 Å². The molecule has 0 aliphatic heterocycles. The summed E-state index contributed by atoms with van der Waals surface area (Å²) in [5.74, 6) is 2.30. The van der Waals surface area contributed by atoms with Crippen molar-refractivity contribution in [1.82, 2.24) is 0 Å². The average Bonchev–Trinajstić information content (AvgIpc) is 2.27. The van der Waals surface area contributed by atoms with E-state index in [1.807, 2.05) is 36.4 Å². The normalized spacial score (nSPS) is 12.3. The van der Waals surface area contributed by atoms with Gasteiger partial charge in [0.25, 0.3) is 0 Å². The van der Waals surface area contributed by atoms with Gasteiger partial charge in [0.1, 0.15) is 6.10 Å². The van der Waals surface area contributed by atoms with Gasteiger partial charge in [0.2, 0.25) is 0 Å². The van der Waals surface area contributed by atoms with Crippen molar-refractivity contribution in [3.63, 3.8) is 0 Å². The SMILES string of the molecule is C#CC(O)c1ccc2cc(Br)ccc2c1. The number of halogens is 1. The quantitative estimate of drug-likeness (QED) is 0.781. The molecule has 0 radical (unpaired) electrons. The molecule has 0 saturated carbocycles. The highest BCUT2D eigenvalue weighted by Crippen LogP contribution is 2.23. The molecule has 0 spiro atoms. The monoisotopic (exact) mass is 260 g/mol. The first kappa shape index (κ1) is 10.2. The van der Waals surface area contributed by atoms with Gasteiger partial charge in [-0.05, 0) is 34.5 Å². The fourth-order valence-electron chi connectivity index (χ4n) is 1.50. The zero-order chi connectivity index (χ0) is 10.8. The number of hydrogen-bond acceptors (Lipinski definition) is 1. The van der Waals surface area contributed by atoms with Crippen LogP contribution < -0.4 is 0 Å². The van der Waals surface area contributed by atoms with E-state index >= 15 is 0 Å². The number of fused-ring (bicyclic) bond motifs is 1. The first-order valence-electron chi connectivity index (χ1n) is 4.54. The van der Waals surface area contributed by atoms with E-state index in [4.69, 9.17) is 6.42 Å². The summed E-state index contributed by atoms with van der Waals surface area (Å²) in [6.07, 6.45) is 4.34. The summed E-state index contributed by atoms with van der Waals surface area (Å²) < 4.78 is 1.04. The van der Waals surface area contributed by atoms with Crippen molar-refractivity contribution in [1.29, 1.82) is 0 Å². The second-order valence-electron chi connectivity index (χ2n) is 3.32. The molecule has 1 N–H and O–H groups in total. The molecular formula is C13H9BrO. The minimum absolute atomic E-state index is 0.757. The Kier molecular flexibility index (Phi) is 2.77. The van der Waals surface area contributed by atoms with Crippen LogP contribution >= 0.6 is 15.9 Å². The summed E-state index contributed by atoms with van der Waals surface area (Å²) in [7, 11) is 0. The van der Waals surface area contributed by atoms with Crippen molar-refractivity contribution in [2.75, 3.05) is 0 Å². The van der Waals surface area contributed by atoms with Crippen LogP contribution in [0.15, 0.2) is 40.9 Å². The van der Waals surface area contributed by atoms with Crippen molar-refractivity contribution < 1.29 is 5.11 Å². The highest BCUT2D eigenvalue weighted by atomic mass is 79.9. The molecule has 74 valence electrons. The molecule has 2 rings (SSSR count). The Bertz CT molecular complexity index is 540. The molecule has 2 heteroatoms. The predicted molar refractivity (Wildman–Crippen MR) is 65.4 cm³/mol. The maximum Gasteiger partial charge on any atom is 0.140 e. The molecule has 0 saturated heterocycles. The summed E-state index contributed by atoms with van der Waals surface area (Å²) in [4.78, 5) is 0. The third-order valence-electron chi connectivity index (χ3n) is 2.30. The Labute approximate surface area is 96.9 Å². The number of aliphatic hydroxyl groups is 1. The van der Waals surface area contributed by atoms with Crippen molar-refractivity contribution in [3.05, 3.63) is 46.4 Å². The van der Waals surface area contributed by atoms with E-state index in [1.165, 1.54) is 0 Å². The number of aliphatic hydroxyl groups excluding tert-OH is 1. The minimum atomic E-state index is -0.821. The molecule has 0 aliphatic carbocycles. The average molecular weight is 261 g/mol. The molecule has 1 atom stereocenters. The van der Waals surface area contributed by atoms with Crippen LogP contribution in [-0.4, -0.2) is 5.11 Å². The van der Waals surface area contributed by atoms with Crippen LogP contribution in [0.4, 0.5) is 0 Å². The first-order valence-corrected chi connectivity index (χ1v) is 5.33. The molecule has 0 amide bonds. The van der Waals surface area contributed by atoms with E-state index < -0.39 is 6.10 Å². The molecule has 0 aromatic heterocycles. The fraction of sp³-hybridized carbons (Fsp3) is 0.0769. The van der Waals surface area contributed by atoms with Crippen LogP contribution in [0.5, 0.6) is 0 Å². The van der Waals surface area contributed by atoms with Crippen molar-refractivity contribution in [3.8, 4) is 12.3 Å². The maximum absolute atomic E-state index is 9.50. The summed E-state index contributed by atoms with van der Waals surface area (Å²) >= 11 is 3.41. The summed E-state index contributed by atoms with van der Waals surface area (Å²) in [5.41, 5.74) is 0.757. The molecule has 15 heavy (non-hydrogen) atoms. The van der Waals surface area contributed by atoms with Crippen LogP contribution in [0.2, 0.25) is 0 Å². The Hall–Kier alpha value is -1.30. The molecule has 1 nitrogen and oxygen atoms in total. The molecule has 2 aromatic carbocycles. The van der Waals surface area contributed by atoms with Gasteiger partial charge in [0.15, 0.2) is 0 Å². The number of rotatable bonds is 1. The van der Waals surface area contributed by atoms with Crippen molar-refractivity contribution >= 4 is 26.7 Å². The standard InChI is InChI=1S/C13H9BrO/c1-2-13(15)11-4-3-10-8-12(14)6-5-9(10)7-11/h1,3-8,13,15H. The molecule has 0 fully saturated rings. The Morgan fingerprint density at radius 3 is 2.53 bits per heavy atom. The van der Waals surface area contributed by atoms with Gasteiger partial charge in [-0.25, -0.2) is 0 Å². The Morgan fingerprint density at radius 1 is 1.13 bits per heavy atom. The van der Waals surface area contributed by atoms with E-state index in [-0.39, 0.29) is 0 Å². The summed E-state index contributed by atoms with van der Waals surface area (Å²) in [6.45, 7) is 0. The van der Waals surface area contributed by atoms with Gasteiger partial charge < -0.3 is 5.11 Å². The van der Waals surface area contributed by atoms with Gasteiger partial charge >= 0.3 is 0 Å². The zero-order valence-electron chi connectivity index (χ0n) is 7.94. The van der Waals surface area contributed by atoms with Gasteiger partial charge in [-0.2, -0.15) is 0 Å². The lowest BCUT2D eigenvalue weighted by Crippen LogP contribution is -1.92. The van der Waals surface area contributed by atoms with Gasteiger partial charge in [-0.15, -0.1) is 6.42 Å². The summed E-state index contributed by atoms with van der Waals surface area (Å²) in [5, 5.41) is 11.7. The first-order chi connectivity index (χ1) is 7.20. The van der Waals surface area contributed by atoms with E-state index in [1.54, 1.807) is 0 Å². The fourth-order valence-corrected chi connectivity index (χ4v) is 1.88. The number of benzene rings is 2. The van der Waals surface area contributed by atoms with E-state index in [9.17, 15) is 5.11 Å². The lowest BCUT2D eigenvalue weighted by molar-refractivity contribution is 0.239. The van der Waals surface area contributed by atoms with Crippen molar-refractivity contribution in [2.45, 2.75) is 6.10 Å². The van der Waals surface area contributed by atoms with E-state index in [0.29, 0.717) is 0 Å². The summed E-state index contributed by atoms with van der Waals surface area (Å²) in [6, 6.07) is 11.7. The van der Waals surface area contributed by atoms with Gasteiger partial charge in [-0.3, -0.25) is 0 Å². The van der Waals surface area contributed by atoms with Crippen LogP contribution in [0.25, 0.3) is 10.8 Å². The molecule has 0 bridgehead atoms. The number of hydrogen-bond donors (Lipinski definition) is 1. The highest BCUT2D eigenvalue weighted by Gasteiger charge is 2.03. The predicted octanol–water partition coefficient (Wildman–Crippen LogP) is 3.27. The van der Waals surface area contributed by atoms with Gasteiger partial charge in [-0.1, -0.05) is 40.0 Å². The second-order valence-corrected chi connectivity index (χ2v) is 4.24. The maximum atomic E-state index is 9.50. The minimum Gasteiger partial charge on any atom is -0.376 e. The topological polar surface area (TPSA) is 20.2 Å². The number of terminal acetylenes is 1. The smallest absolute Gasteiger partial charge is 0.140 e. The third-order valence-corrected chi connectivity index (χ3v) is 2.79. The van der Waals surface area contributed by atoms with Gasteiger partial charge in [0, 0.05) is 4.47 Å². The van der Waals surface area contributed by atoms with E-state index in [2.05, 4.69) is 21.9 Å². The molecule has 2 aromatic rings. The highest BCUT2D eigenvalue weighted by molar-refractivity contribution is 9.10. The second kappa shape index (κ2) is 4.06. The molecular weight excluding hydrogens is 252 g/mol. The van der Waals surface area contributed by atoms with Crippen LogP contribution in [-0.2, 0) is 0 Å². The van der Waals surface area contributed by atoms with E-state index in [0.717, 1.165) is 20.8 Å². The van der Waals surface area contributed by atoms with Crippen LogP contribution in [0.1, 0.15) is 11.7 Å². The van der Waals surface area contributed by atoms with Gasteiger partial charge in [0.05, 0.1) is 0 Å². The zero-order valence-corrected chi connectivity index (χ0v) is 9.53. The lowest BCUT2D eigenvalue weighted by Gasteiger charge is -2.05. The largest absolute Gasteiger partial charge is 0.376 e. The van der Waals surface area contributed by atoms with Crippen LogP contribution in [0.3, 0.4) is 0 Å². The molecule has 0 heterocycles. The molecule has 1 unspecified atom stereocenters. The Morgan fingerprint density at radius 2 is 1.80 bits per heavy atom. The third kappa shape index (κ3) is 2.04. The van der Waals surface area contributed by atoms with Crippen LogP contribution in [0, 0.1) is 12.3 Å².